The molecule has 0 atom stereocenters. The Labute approximate surface area is 134 Å². The molecule has 2 saturated carbocycles. The summed E-state index contributed by atoms with van der Waals surface area (Å²) < 4.78 is 5.90. The summed E-state index contributed by atoms with van der Waals surface area (Å²) in [5.41, 5.74) is 1.17. The molecular weight excluding hydrogens is 292 g/mol. The number of oxazole rings is 1. The lowest BCUT2D eigenvalue weighted by molar-refractivity contribution is 0.0929. The van der Waals surface area contributed by atoms with Gasteiger partial charge in [-0.05, 0) is 37.8 Å². The van der Waals surface area contributed by atoms with Crippen molar-refractivity contribution in [1.29, 1.82) is 0 Å². The molecule has 120 valence electrons. The maximum atomic E-state index is 12.5. The number of carbonyl (C=O) groups excluding carboxylic acids is 1. The van der Waals surface area contributed by atoms with Crippen molar-refractivity contribution in [3.63, 3.8) is 0 Å². The van der Waals surface area contributed by atoms with Gasteiger partial charge in [0.15, 0.2) is 5.69 Å². The lowest BCUT2D eigenvalue weighted by Gasteiger charge is -2.11. The molecule has 0 unspecified atom stereocenters. The summed E-state index contributed by atoms with van der Waals surface area (Å²) >= 11 is 0. The van der Waals surface area contributed by atoms with Crippen LogP contribution in [-0.4, -0.2) is 29.1 Å². The summed E-state index contributed by atoms with van der Waals surface area (Å²) in [6, 6.07) is 9.64. The van der Waals surface area contributed by atoms with Gasteiger partial charge in [-0.2, -0.15) is 0 Å². The molecule has 1 amide bonds. The Morgan fingerprint density at radius 3 is 2.65 bits per heavy atom. The quantitative estimate of drug-likeness (QED) is 0.860. The van der Waals surface area contributed by atoms with Gasteiger partial charge in [-0.3, -0.25) is 4.79 Å². The SMILES string of the molecule is O=C(NCC1(CO)CC1)c1nc(-c2ccccc2)oc1C1CC1. The van der Waals surface area contributed by atoms with E-state index in [9.17, 15) is 9.90 Å². The highest BCUT2D eigenvalue weighted by Crippen LogP contribution is 2.45. The minimum Gasteiger partial charge on any atom is -0.440 e. The summed E-state index contributed by atoms with van der Waals surface area (Å²) in [4.78, 5) is 17.0. The largest absolute Gasteiger partial charge is 0.440 e. The van der Waals surface area contributed by atoms with E-state index in [1.54, 1.807) is 0 Å². The van der Waals surface area contributed by atoms with Gasteiger partial charge in [0.25, 0.3) is 5.91 Å². The van der Waals surface area contributed by atoms with Gasteiger partial charge in [0.05, 0.1) is 6.61 Å². The highest BCUT2D eigenvalue weighted by Gasteiger charge is 2.42. The maximum absolute atomic E-state index is 12.5. The Balaban J connectivity index is 1.57. The molecule has 23 heavy (non-hydrogen) atoms. The number of aliphatic hydroxyl groups is 1. The van der Waals surface area contributed by atoms with E-state index >= 15 is 0 Å². The maximum Gasteiger partial charge on any atom is 0.273 e. The van der Waals surface area contributed by atoms with E-state index < -0.39 is 0 Å². The predicted octanol–water partition coefficient (Wildman–Crippen LogP) is 2.72. The standard InChI is InChI=1S/C18H20N2O3/c21-11-18(8-9-18)10-19-16(22)14-15(12-6-7-12)23-17(20-14)13-4-2-1-3-5-13/h1-5,12,21H,6-11H2,(H,19,22). The third-order valence-corrected chi connectivity index (χ3v) is 4.75. The molecule has 0 saturated heterocycles. The fourth-order valence-corrected chi connectivity index (χ4v) is 2.74. The summed E-state index contributed by atoms with van der Waals surface area (Å²) in [5.74, 6) is 1.32. The van der Waals surface area contributed by atoms with E-state index in [0.29, 0.717) is 29.8 Å². The summed E-state index contributed by atoms with van der Waals surface area (Å²) in [5, 5.41) is 12.3. The van der Waals surface area contributed by atoms with E-state index in [0.717, 1.165) is 31.2 Å². The van der Waals surface area contributed by atoms with Crippen LogP contribution in [0.2, 0.25) is 0 Å². The van der Waals surface area contributed by atoms with Crippen LogP contribution < -0.4 is 5.32 Å². The van der Waals surface area contributed by atoms with Crippen molar-refractivity contribution in [1.82, 2.24) is 10.3 Å². The molecule has 0 aliphatic heterocycles. The topological polar surface area (TPSA) is 75.4 Å². The molecule has 2 fully saturated rings. The molecule has 1 aromatic heterocycles. The van der Waals surface area contributed by atoms with Gasteiger partial charge < -0.3 is 14.8 Å². The molecule has 2 N–H and O–H groups in total. The Bertz CT molecular complexity index is 715. The molecule has 0 radical (unpaired) electrons. The highest BCUT2D eigenvalue weighted by atomic mass is 16.4. The zero-order chi connectivity index (χ0) is 15.9. The number of amides is 1. The molecular formula is C18H20N2O3. The Morgan fingerprint density at radius 1 is 1.30 bits per heavy atom. The van der Waals surface area contributed by atoms with Crippen LogP contribution >= 0.6 is 0 Å². The van der Waals surface area contributed by atoms with Crippen molar-refractivity contribution in [3.05, 3.63) is 41.8 Å². The van der Waals surface area contributed by atoms with E-state index in [1.165, 1.54) is 0 Å². The second kappa shape index (κ2) is 5.49. The molecule has 2 aliphatic rings. The first kappa shape index (κ1) is 14.5. The first-order valence-corrected chi connectivity index (χ1v) is 8.16. The number of carbonyl (C=O) groups is 1. The molecule has 2 aliphatic carbocycles. The van der Waals surface area contributed by atoms with Crippen LogP contribution in [-0.2, 0) is 0 Å². The number of nitrogens with one attached hydrogen (secondary N) is 1. The van der Waals surface area contributed by atoms with E-state index in [2.05, 4.69) is 10.3 Å². The van der Waals surface area contributed by atoms with Crippen molar-refractivity contribution < 1.29 is 14.3 Å². The number of hydrogen-bond donors (Lipinski definition) is 2. The summed E-state index contributed by atoms with van der Waals surface area (Å²) in [7, 11) is 0. The number of hydrogen-bond acceptors (Lipinski definition) is 4. The summed E-state index contributed by atoms with van der Waals surface area (Å²) in [6.07, 6.45) is 4.02. The van der Waals surface area contributed by atoms with Gasteiger partial charge in [0, 0.05) is 23.4 Å². The van der Waals surface area contributed by atoms with E-state index in [-0.39, 0.29) is 17.9 Å². The third kappa shape index (κ3) is 2.88. The molecule has 2 aromatic rings. The molecule has 1 heterocycles. The average Bonchev–Trinajstić information content (AvgIpc) is 3.52. The minimum atomic E-state index is -0.197. The Kier molecular flexibility index (Phi) is 3.45. The van der Waals surface area contributed by atoms with Crippen LogP contribution in [0.5, 0.6) is 0 Å². The lowest BCUT2D eigenvalue weighted by atomic mass is 10.1. The van der Waals surface area contributed by atoms with Crippen LogP contribution in [0, 0.1) is 5.41 Å². The molecule has 0 bridgehead atoms. The van der Waals surface area contributed by atoms with Gasteiger partial charge in [0.1, 0.15) is 5.76 Å². The van der Waals surface area contributed by atoms with Gasteiger partial charge >= 0.3 is 0 Å². The van der Waals surface area contributed by atoms with Crippen LogP contribution in [0.15, 0.2) is 34.7 Å². The van der Waals surface area contributed by atoms with Crippen molar-refractivity contribution >= 4 is 5.91 Å². The molecule has 5 nitrogen and oxygen atoms in total. The molecule has 1 aromatic carbocycles. The molecule has 0 spiro atoms. The van der Waals surface area contributed by atoms with Crippen molar-refractivity contribution in [3.8, 4) is 11.5 Å². The monoisotopic (exact) mass is 312 g/mol. The fraction of sp³-hybridized carbons (Fsp3) is 0.444. The number of benzene rings is 1. The second-order valence-corrected chi connectivity index (χ2v) is 6.71. The number of aliphatic hydroxyl groups excluding tert-OH is 1. The Hall–Kier alpha value is -2.14. The smallest absolute Gasteiger partial charge is 0.273 e. The van der Waals surface area contributed by atoms with Gasteiger partial charge in [-0.15, -0.1) is 0 Å². The first-order valence-electron chi connectivity index (χ1n) is 8.16. The minimum absolute atomic E-state index is 0.110. The normalized spacial score (nSPS) is 18.7. The van der Waals surface area contributed by atoms with Crippen molar-refractivity contribution in [2.75, 3.05) is 13.2 Å². The molecule has 5 heteroatoms. The number of nitrogens with zero attached hydrogens (tertiary/aromatic N) is 1. The van der Waals surface area contributed by atoms with Crippen LogP contribution in [0.4, 0.5) is 0 Å². The van der Waals surface area contributed by atoms with E-state index in [1.807, 2.05) is 30.3 Å². The van der Waals surface area contributed by atoms with Crippen molar-refractivity contribution in [2.24, 2.45) is 5.41 Å². The molecule has 4 rings (SSSR count). The second-order valence-electron chi connectivity index (χ2n) is 6.71. The first-order chi connectivity index (χ1) is 11.2. The van der Waals surface area contributed by atoms with Crippen LogP contribution in [0.1, 0.15) is 47.8 Å². The predicted molar refractivity (Wildman–Crippen MR) is 85.0 cm³/mol. The van der Waals surface area contributed by atoms with E-state index in [4.69, 9.17) is 4.42 Å². The fourth-order valence-electron chi connectivity index (χ4n) is 2.74. The van der Waals surface area contributed by atoms with Gasteiger partial charge in [0.2, 0.25) is 5.89 Å². The third-order valence-electron chi connectivity index (χ3n) is 4.75. The van der Waals surface area contributed by atoms with Crippen LogP contribution in [0.25, 0.3) is 11.5 Å². The lowest BCUT2D eigenvalue weighted by Crippen LogP contribution is -2.32. The number of rotatable bonds is 6. The van der Waals surface area contributed by atoms with Crippen LogP contribution in [0.3, 0.4) is 0 Å². The average molecular weight is 312 g/mol. The zero-order valence-corrected chi connectivity index (χ0v) is 12.9. The highest BCUT2D eigenvalue weighted by molar-refractivity contribution is 5.94. The van der Waals surface area contributed by atoms with Gasteiger partial charge in [-0.25, -0.2) is 4.98 Å². The van der Waals surface area contributed by atoms with Crippen molar-refractivity contribution in [2.45, 2.75) is 31.6 Å². The Morgan fingerprint density at radius 2 is 2.04 bits per heavy atom. The van der Waals surface area contributed by atoms with Gasteiger partial charge in [-0.1, -0.05) is 18.2 Å². The summed E-state index contributed by atoms with van der Waals surface area (Å²) in [6.45, 7) is 0.622. The zero-order valence-electron chi connectivity index (χ0n) is 12.9. The number of aromatic nitrogens is 1.